The fraction of sp³-hybridized carbons (Fsp3) is 0.200. The standard InChI is InChI=1S/C15H14ClN3O/c1-10-13(8-16)15(19(2)18-10)20-12-7-11-5-3-4-6-14(11)17-9-12/h3-7,9H,8H2,1-2H3. The van der Waals surface area contributed by atoms with Crippen molar-refractivity contribution in [3.63, 3.8) is 0 Å². The molecule has 0 radical (unpaired) electrons. The first-order valence-corrected chi connectivity index (χ1v) is 6.83. The van der Waals surface area contributed by atoms with Gasteiger partial charge < -0.3 is 4.74 Å². The van der Waals surface area contributed by atoms with Crippen LogP contribution in [0.3, 0.4) is 0 Å². The van der Waals surface area contributed by atoms with Gasteiger partial charge in [0.2, 0.25) is 5.88 Å². The number of ether oxygens (including phenoxy) is 1. The third-order valence-electron chi connectivity index (χ3n) is 3.20. The van der Waals surface area contributed by atoms with Crippen LogP contribution in [0.4, 0.5) is 0 Å². The molecule has 1 aromatic carbocycles. The molecule has 0 bridgehead atoms. The van der Waals surface area contributed by atoms with Crippen LogP contribution in [0.2, 0.25) is 0 Å². The average Bonchev–Trinajstić information content (AvgIpc) is 2.72. The number of alkyl halides is 1. The molecule has 2 aromatic heterocycles. The zero-order valence-electron chi connectivity index (χ0n) is 11.3. The van der Waals surface area contributed by atoms with Gasteiger partial charge in [-0.1, -0.05) is 18.2 Å². The Balaban J connectivity index is 2.01. The SMILES string of the molecule is Cc1nn(C)c(Oc2cnc3ccccc3c2)c1CCl. The van der Waals surface area contributed by atoms with Gasteiger partial charge in [-0.2, -0.15) is 5.10 Å². The van der Waals surface area contributed by atoms with Gasteiger partial charge in [0.1, 0.15) is 5.75 Å². The lowest BCUT2D eigenvalue weighted by atomic mass is 10.2. The van der Waals surface area contributed by atoms with E-state index in [1.54, 1.807) is 10.9 Å². The van der Waals surface area contributed by atoms with E-state index < -0.39 is 0 Å². The number of aromatic nitrogens is 3. The maximum absolute atomic E-state index is 5.96. The molecular weight excluding hydrogens is 274 g/mol. The number of benzene rings is 1. The second kappa shape index (κ2) is 5.13. The van der Waals surface area contributed by atoms with Crippen LogP contribution in [-0.2, 0) is 12.9 Å². The van der Waals surface area contributed by atoms with E-state index in [9.17, 15) is 0 Å². The van der Waals surface area contributed by atoms with Crippen molar-refractivity contribution in [2.24, 2.45) is 7.05 Å². The van der Waals surface area contributed by atoms with Crippen LogP contribution in [-0.4, -0.2) is 14.8 Å². The van der Waals surface area contributed by atoms with E-state index >= 15 is 0 Å². The molecule has 3 aromatic rings. The molecule has 0 saturated carbocycles. The molecule has 0 spiro atoms. The minimum atomic E-state index is 0.371. The lowest BCUT2D eigenvalue weighted by molar-refractivity contribution is 0.426. The van der Waals surface area contributed by atoms with Crippen LogP contribution in [0, 0.1) is 6.92 Å². The summed E-state index contributed by atoms with van der Waals surface area (Å²) in [7, 11) is 1.84. The van der Waals surface area contributed by atoms with Crippen molar-refractivity contribution in [1.29, 1.82) is 0 Å². The van der Waals surface area contributed by atoms with Crippen molar-refractivity contribution >= 4 is 22.5 Å². The highest BCUT2D eigenvalue weighted by Crippen LogP contribution is 2.29. The van der Waals surface area contributed by atoms with Crippen molar-refractivity contribution in [2.45, 2.75) is 12.8 Å². The van der Waals surface area contributed by atoms with Gasteiger partial charge in [0, 0.05) is 12.4 Å². The third-order valence-corrected chi connectivity index (χ3v) is 3.47. The van der Waals surface area contributed by atoms with Crippen LogP contribution >= 0.6 is 11.6 Å². The van der Waals surface area contributed by atoms with Crippen molar-refractivity contribution in [3.8, 4) is 11.6 Å². The van der Waals surface area contributed by atoms with Gasteiger partial charge >= 0.3 is 0 Å². The fourth-order valence-corrected chi connectivity index (χ4v) is 2.49. The highest BCUT2D eigenvalue weighted by atomic mass is 35.5. The molecule has 0 fully saturated rings. The predicted molar refractivity (Wildman–Crippen MR) is 79.3 cm³/mol. The lowest BCUT2D eigenvalue weighted by Crippen LogP contribution is -1.97. The molecule has 0 N–H and O–H groups in total. The van der Waals surface area contributed by atoms with Crippen molar-refractivity contribution < 1.29 is 4.74 Å². The number of rotatable bonds is 3. The zero-order valence-corrected chi connectivity index (χ0v) is 12.1. The van der Waals surface area contributed by atoms with E-state index in [2.05, 4.69) is 10.1 Å². The van der Waals surface area contributed by atoms with Gasteiger partial charge in [-0.25, -0.2) is 4.68 Å². The largest absolute Gasteiger partial charge is 0.437 e. The van der Waals surface area contributed by atoms with Gasteiger partial charge in [0.15, 0.2) is 0 Å². The van der Waals surface area contributed by atoms with E-state index in [4.69, 9.17) is 16.3 Å². The average molecular weight is 288 g/mol. The Morgan fingerprint density at radius 2 is 2.10 bits per heavy atom. The first-order valence-electron chi connectivity index (χ1n) is 6.30. The number of fused-ring (bicyclic) bond motifs is 1. The Bertz CT molecular complexity index is 767. The summed E-state index contributed by atoms with van der Waals surface area (Å²) in [6, 6.07) is 9.88. The quantitative estimate of drug-likeness (QED) is 0.688. The minimum Gasteiger partial charge on any atom is -0.437 e. The summed E-state index contributed by atoms with van der Waals surface area (Å²) in [6.45, 7) is 1.92. The lowest BCUT2D eigenvalue weighted by Gasteiger charge is -2.08. The molecule has 2 heterocycles. The summed E-state index contributed by atoms with van der Waals surface area (Å²) in [4.78, 5) is 4.38. The normalized spacial score (nSPS) is 10.9. The number of para-hydroxylation sites is 1. The summed E-state index contributed by atoms with van der Waals surface area (Å²) < 4.78 is 7.61. The number of pyridine rings is 1. The van der Waals surface area contributed by atoms with Gasteiger partial charge in [-0.05, 0) is 19.1 Å². The highest BCUT2D eigenvalue weighted by molar-refractivity contribution is 6.17. The molecule has 0 unspecified atom stereocenters. The van der Waals surface area contributed by atoms with Crippen LogP contribution < -0.4 is 4.74 Å². The predicted octanol–water partition coefficient (Wildman–Crippen LogP) is 3.81. The highest BCUT2D eigenvalue weighted by Gasteiger charge is 2.14. The molecule has 0 aliphatic heterocycles. The van der Waals surface area contributed by atoms with E-state index in [-0.39, 0.29) is 0 Å². The zero-order chi connectivity index (χ0) is 14.1. The Kier molecular flexibility index (Phi) is 3.32. The maximum atomic E-state index is 5.96. The molecule has 3 rings (SSSR count). The number of aryl methyl sites for hydroxylation is 2. The third kappa shape index (κ3) is 2.23. The molecule has 102 valence electrons. The van der Waals surface area contributed by atoms with E-state index in [0.717, 1.165) is 22.2 Å². The smallest absolute Gasteiger partial charge is 0.222 e. The second-order valence-electron chi connectivity index (χ2n) is 4.59. The van der Waals surface area contributed by atoms with Gasteiger partial charge in [-0.3, -0.25) is 4.98 Å². The first kappa shape index (κ1) is 12.9. The minimum absolute atomic E-state index is 0.371. The fourth-order valence-electron chi connectivity index (χ4n) is 2.18. The second-order valence-corrected chi connectivity index (χ2v) is 4.86. The summed E-state index contributed by atoms with van der Waals surface area (Å²) in [6.07, 6.45) is 1.71. The molecule has 4 nitrogen and oxygen atoms in total. The number of hydrogen-bond donors (Lipinski definition) is 0. The van der Waals surface area contributed by atoms with E-state index in [1.807, 2.05) is 44.3 Å². The summed E-state index contributed by atoms with van der Waals surface area (Å²) in [5.41, 5.74) is 2.73. The van der Waals surface area contributed by atoms with Crippen LogP contribution in [0.1, 0.15) is 11.3 Å². The molecule has 0 amide bonds. The molecule has 0 atom stereocenters. The summed E-state index contributed by atoms with van der Waals surface area (Å²) >= 11 is 5.96. The van der Waals surface area contributed by atoms with Gasteiger partial charge in [0.25, 0.3) is 0 Å². The first-order chi connectivity index (χ1) is 9.69. The van der Waals surface area contributed by atoms with E-state index in [1.165, 1.54) is 0 Å². The van der Waals surface area contributed by atoms with Crippen molar-refractivity contribution in [3.05, 3.63) is 47.8 Å². The van der Waals surface area contributed by atoms with Gasteiger partial charge in [0.05, 0.1) is 28.9 Å². The molecule has 0 aliphatic rings. The molecular formula is C15H14ClN3O. The molecule has 20 heavy (non-hydrogen) atoms. The van der Waals surface area contributed by atoms with Crippen LogP contribution in [0.5, 0.6) is 11.6 Å². The van der Waals surface area contributed by atoms with Gasteiger partial charge in [-0.15, -0.1) is 11.6 Å². The number of nitrogens with zero attached hydrogens (tertiary/aromatic N) is 3. The van der Waals surface area contributed by atoms with Crippen LogP contribution in [0.25, 0.3) is 10.9 Å². The summed E-state index contributed by atoms with van der Waals surface area (Å²) in [5, 5.41) is 5.37. The topological polar surface area (TPSA) is 39.9 Å². The van der Waals surface area contributed by atoms with Crippen molar-refractivity contribution in [1.82, 2.24) is 14.8 Å². The Morgan fingerprint density at radius 1 is 1.30 bits per heavy atom. The Hall–Kier alpha value is -2.07. The molecule has 5 heteroatoms. The van der Waals surface area contributed by atoms with Crippen molar-refractivity contribution in [2.75, 3.05) is 0 Å². The Labute approximate surface area is 122 Å². The Morgan fingerprint density at radius 3 is 2.90 bits per heavy atom. The number of hydrogen-bond acceptors (Lipinski definition) is 3. The number of halogens is 1. The van der Waals surface area contributed by atoms with Crippen LogP contribution in [0.15, 0.2) is 36.5 Å². The molecule has 0 saturated heterocycles. The monoisotopic (exact) mass is 287 g/mol. The summed E-state index contributed by atoms with van der Waals surface area (Å²) in [5.74, 6) is 1.71. The maximum Gasteiger partial charge on any atom is 0.222 e. The van der Waals surface area contributed by atoms with E-state index in [0.29, 0.717) is 17.5 Å². The molecule has 0 aliphatic carbocycles.